The first-order chi connectivity index (χ1) is 9.63. The molecule has 1 heterocycles. The number of carbonyl (C=O) groups is 1. The first-order valence-electron chi connectivity index (χ1n) is 6.61. The smallest absolute Gasteiger partial charge is 0.191 e. The van der Waals surface area contributed by atoms with Crippen LogP contribution in [0.2, 0.25) is 0 Å². The molecule has 0 aliphatic carbocycles. The molecule has 106 valence electrons. The number of hydrogen-bond donors (Lipinski definition) is 0. The van der Waals surface area contributed by atoms with E-state index in [0.29, 0.717) is 6.54 Å². The van der Waals surface area contributed by atoms with Crippen molar-refractivity contribution in [3.63, 3.8) is 0 Å². The molecule has 0 amide bonds. The van der Waals surface area contributed by atoms with Gasteiger partial charge in [-0.25, -0.2) is 0 Å². The van der Waals surface area contributed by atoms with Crippen molar-refractivity contribution in [1.82, 2.24) is 0 Å². The van der Waals surface area contributed by atoms with Crippen LogP contribution >= 0.6 is 11.3 Å². The molecule has 0 fully saturated rings. The lowest BCUT2D eigenvalue weighted by Crippen LogP contribution is -2.25. The molecule has 0 saturated carbocycles. The van der Waals surface area contributed by atoms with Crippen molar-refractivity contribution in [2.75, 3.05) is 25.6 Å². The van der Waals surface area contributed by atoms with Crippen LogP contribution in [-0.2, 0) is 6.42 Å². The van der Waals surface area contributed by atoms with Gasteiger partial charge in [-0.3, -0.25) is 4.79 Å². The molecule has 1 aromatic carbocycles. The van der Waals surface area contributed by atoms with Crippen LogP contribution in [0.4, 0.5) is 5.69 Å². The Hall–Kier alpha value is -1.81. The van der Waals surface area contributed by atoms with Crippen LogP contribution in [0.25, 0.3) is 0 Å². The Morgan fingerprint density at radius 1 is 1.20 bits per heavy atom. The molecule has 0 atom stereocenters. The van der Waals surface area contributed by atoms with Crippen LogP contribution in [-0.4, -0.2) is 26.5 Å². The predicted molar refractivity (Wildman–Crippen MR) is 84.3 cm³/mol. The largest absolute Gasteiger partial charge is 0.497 e. The maximum absolute atomic E-state index is 12.2. The van der Waals surface area contributed by atoms with Gasteiger partial charge in [0.2, 0.25) is 0 Å². The number of benzene rings is 1. The van der Waals surface area contributed by atoms with Crippen LogP contribution in [0, 0.1) is 0 Å². The summed E-state index contributed by atoms with van der Waals surface area (Å²) in [5.74, 6) is 0.979. The molecule has 0 unspecified atom stereocenters. The van der Waals surface area contributed by atoms with Gasteiger partial charge in [0.15, 0.2) is 5.78 Å². The number of Topliss-reactive ketones (excluding diaryl/α,β-unsaturated/α-hetero) is 1. The maximum atomic E-state index is 12.2. The van der Waals surface area contributed by atoms with Gasteiger partial charge in [0, 0.05) is 17.6 Å². The first-order valence-corrected chi connectivity index (χ1v) is 7.42. The van der Waals surface area contributed by atoms with Gasteiger partial charge in [0.05, 0.1) is 18.5 Å². The average Bonchev–Trinajstić information content (AvgIpc) is 2.96. The lowest BCUT2D eigenvalue weighted by atomic mass is 10.2. The molecular weight excluding hydrogens is 270 g/mol. The Kier molecular flexibility index (Phi) is 4.79. The van der Waals surface area contributed by atoms with E-state index in [-0.39, 0.29) is 5.78 Å². The summed E-state index contributed by atoms with van der Waals surface area (Å²) in [4.78, 5) is 16.3. The van der Waals surface area contributed by atoms with Gasteiger partial charge in [0.25, 0.3) is 0 Å². The van der Waals surface area contributed by atoms with Crippen LogP contribution in [0.15, 0.2) is 36.4 Å². The summed E-state index contributed by atoms with van der Waals surface area (Å²) in [6.45, 7) is 2.49. The molecule has 4 heteroatoms. The zero-order valence-electron chi connectivity index (χ0n) is 12.1. The zero-order valence-corrected chi connectivity index (χ0v) is 12.9. The first kappa shape index (κ1) is 14.6. The molecular formula is C16H19NO2S. The second-order valence-electron chi connectivity index (χ2n) is 4.60. The second kappa shape index (κ2) is 6.57. The number of thiophene rings is 1. The summed E-state index contributed by atoms with van der Waals surface area (Å²) in [6.07, 6.45) is 0.978. The average molecular weight is 289 g/mol. The number of likely N-dealkylation sites (N-methyl/N-ethyl adjacent to an activating group) is 1. The third kappa shape index (κ3) is 3.39. The minimum atomic E-state index is 0.160. The fourth-order valence-corrected chi connectivity index (χ4v) is 2.82. The highest BCUT2D eigenvalue weighted by Crippen LogP contribution is 2.21. The Balaban J connectivity index is 2.02. The fraction of sp³-hybridized carbons (Fsp3) is 0.312. The van der Waals surface area contributed by atoms with Crippen LogP contribution in [0.1, 0.15) is 21.5 Å². The SMILES string of the molecule is CCc1ccc(C(=O)CN(C)c2ccc(OC)cc2)s1. The van der Waals surface area contributed by atoms with Crippen molar-refractivity contribution in [2.45, 2.75) is 13.3 Å². The molecule has 0 saturated heterocycles. The van der Waals surface area contributed by atoms with Crippen molar-refractivity contribution >= 4 is 22.8 Å². The van der Waals surface area contributed by atoms with Gasteiger partial charge in [-0.05, 0) is 42.8 Å². The van der Waals surface area contributed by atoms with E-state index >= 15 is 0 Å². The maximum Gasteiger partial charge on any atom is 0.191 e. The van der Waals surface area contributed by atoms with Gasteiger partial charge < -0.3 is 9.64 Å². The van der Waals surface area contributed by atoms with Gasteiger partial charge in [-0.1, -0.05) is 6.92 Å². The summed E-state index contributed by atoms with van der Waals surface area (Å²) in [7, 11) is 3.57. The normalized spacial score (nSPS) is 10.3. The highest BCUT2D eigenvalue weighted by Gasteiger charge is 2.12. The molecule has 2 rings (SSSR count). The summed E-state index contributed by atoms with van der Waals surface area (Å²) in [6, 6.07) is 11.7. The number of rotatable bonds is 6. The number of ether oxygens (including phenoxy) is 1. The van der Waals surface area contributed by atoms with Crippen LogP contribution in [0.3, 0.4) is 0 Å². The second-order valence-corrected chi connectivity index (χ2v) is 5.77. The zero-order chi connectivity index (χ0) is 14.5. The van der Waals surface area contributed by atoms with E-state index in [1.54, 1.807) is 18.4 Å². The number of methoxy groups -OCH3 is 1. The van der Waals surface area contributed by atoms with E-state index in [1.807, 2.05) is 48.3 Å². The van der Waals surface area contributed by atoms with E-state index in [4.69, 9.17) is 4.74 Å². The van der Waals surface area contributed by atoms with Crippen molar-refractivity contribution in [2.24, 2.45) is 0 Å². The van der Waals surface area contributed by atoms with Crippen molar-refractivity contribution in [3.8, 4) is 5.75 Å². The van der Waals surface area contributed by atoms with Crippen molar-refractivity contribution < 1.29 is 9.53 Å². The Bertz CT molecular complexity index is 574. The van der Waals surface area contributed by atoms with Gasteiger partial charge in [-0.2, -0.15) is 0 Å². The lowest BCUT2D eigenvalue weighted by Gasteiger charge is -2.18. The van der Waals surface area contributed by atoms with Crippen molar-refractivity contribution in [3.05, 3.63) is 46.2 Å². The molecule has 2 aromatic rings. The third-order valence-electron chi connectivity index (χ3n) is 3.18. The minimum Gasteiger partial charge on any atom is -0.497 e. The van der Waals surface area contributed by atoms with E-state index in [2.05, 4.69) is 6.92 Å². The molecule has 0 radical (unpaired) electrons. The standard InChI is InChI=1S/C16H19NO2S/c1-4-14-9-10-16(20-14)15(18)11-17(2)12-5-7-13(19-3)8-6-12/h5-10H,4,11H2,1-3H3. The summed E-state index contributed by atoms with van der Waals surface area (Å²) in [5.41, 5.74) is 1.01. The molecule has 0 spiro atoms. The Labute approximate surface area is 123 Å². The van der Waals surface area contributed by atoms with Gasteiger partial charge >= 0.3 is 0 Å². The number of hydrogen-bond acceptors (Lipinski definition) is 4. The Morgan fingerprint density at radius 2 is 1.90 bits per heavy atom. The fourth-order valence-electron chi connectivity index (χ4n) is 1.94. The summed E-state index contributed by atoms with van der Waals surface area (Å²) < 4.78 is 5.13. The molecule has 1 aromatic heterocycles. The predicted octanol–water partition coefficient (Wildman–Crippen LogP) is 3.64. The molecule has 3 nitrogen and oxygen atoms in total. The minimum absolute atomic E-state index is 0.160. The van der Waals surface area contributed by atoms with E-state index in [0.717, 1.165) is 22.7 Å². The van der Waals surface area contributed by atoms with E-state index in [9.17, 15) is 4.79 Å². The molecule has 0 aliphatic heterocycles. The molecule has 20 heavy (non-hydrogen) atoms. The van der Waals surface area contributed by atoms with Crippen LogP contribution in [0.5, 0.6) is 5.75 Å². The monoisotopic (exact) mass is 289 g/mol. The number of carbonyl (C=O) groups excluding carboxylic acids is 1. The number of ketones is 1. The quantitative estimate of drug-likeness (QED) is 0.760. The Morgan fingerprint density at radius 3 is 2.45 bits per heavy atom. The number of anilines is 1. The molecule has 0 bridgehead atoms. The third-order valence-corrected chi connectivity index (χ3v) is 4.45. The lowest BCUT2D eigenvalue weighted by molar-refractivity contribution is 0.100. The number of nitrogens with zero attached hydrogens (tertiary/aromatic N) is 1. The molecule has 0 aliphatic rings. The highest BCUT2D eigenvalue weighted by atomic mass is 32.1. The van der Waals surface area contributed by atoms with Crippen LogP contribution < -0.4 is 9.64 Å². The van der Waals surface area contributed by atoms with Crippen molar-refractivity contribution in [1.29, 1.82) is 0 Å². The molecule has 0 N–H and O–H groups in total. The summed E-state index contributed by atoms with van der Waals surface area (Å²) in [5, 5.41) is 0. The van der Waals surface area contributed by atoms with E-state index < -0.39 is 0 Å². The summed E-state index contributed by atoms with van der Waals surface area (Å²) >= 11 is 1.59. The van der Waals surface area contributed by atoms with E-state index in [1.165, 1.54) is 4.88 Å². The topological polar surface area (TPSA) is 29.5 Å². The highest BCUT2D eigenvalue weighted by molar-refractivity contribution is 7.14. The van der Waals surface area contributed by atoms with Gasteiger partial charge in [0.1, 0.15) is 5.75 Å². The van der Waals surface area contributed by atoms with Gasteiger partial charge in [-0.15, -0.1) is 11.3 Å². The number of aryl methyl sites for hydroxylation is 1.